The summed E-state index contributed by atoms with van der Waals surface area (Å²) >= 11 is 0. The van der Waals surface area contributed by atoms with E-state index in [9.17, 15) is 4.79 Å². The van der Waals surface area contributed by atoms with Crippen LogP contribution in [-0.4, -0.2) is 27.2 Å². The molecule has 5 heteroatoms. The summed E-state index contributed by atoms with van der Waals surface area (Å²) in [6.45, 7) is 2.67. The standard InChI is InChI=1S/C21H33NO4/c1-5-6-7-15-8-10-16(11-9-15)21(23)22-14-17-12-19(25-3)20(26-4)13-18(17)24-2/h12-13,15-16H,5-11,14H2,1-4H3,(H,22,23). The number of unbranched alkanes of at least 4 members (excludes halogenated alkanes) is 1. The van der Waals surface area contributed by atoms with Crippen LogP contribution in [0.1, 0.15) is 57.4 Å². The summed E-state index contributed by atoms with van der Waals surface area (Å²) in [4.78, 5) is 12.6. The molecule has 0 aromatic heterocycles. The molecule has 0 saturated heterocycles. The summed E-state index contributed by atoms with van der Waals surface area (Å²) in [5.41, 5.74) is 0.884. The van der Waals surface area contributed by atoms with E-state index < -0.39 is 0 Å². The van der Waals surface area contributed by atoms with Gasteiger partial charge in [-0.1, -0.05) is 26.2 Å². The number of methoxy groups -OCH3 is 3. The Morgan fingerprint density at radius 1 is 1.00 bits per heavy atom. The van der Waals surface area contributed by atoms with Gasteiger partial charge in [0.1, 0.15) is 5.75 Å². The second kappa shape index (κ2) is 10.3. The summed E-state index contributed by atoms with van der Waals surface area (Å²) in [7, 11) is 4.81. The summed E-state index contributed by atoms with van der Waals surface area (Å²) in [6.07, 6.45) is 8.24. The number of benzene rings is 1. The van der Waals surface area contributed by atoms with E-state index in [1.807, 2.05) is 6.07 Å². The number of carbonyl (C=O) groups is 1. The quantitative estimate of drug-likeness (QED) is 0.710. The summed E-state index contributed by atoms with van der Waals surface area (Å²) in [5, 5.41) is 3.07. The first-order valence-electron chi connectivity index (χ1n) is 9.69. The summed E-state index contributed by atoms with van der Waals surface area (Å²) in [5.74, 6) is 3.03. The molecule has 0 bridgehead atoms. The third kappa shape index (κ3) is 5.29. The van der Waals surface area contributed by atoms with Crippen LogP contribution < -0.4 is 19.5 Å². The van der Waals surface area contributed by atoms with Crippen LogP contribution in [0.4, 0.5) is 0 Å². The lowest BCUT2D eigenvalue weighted by Gasteiger charge is -2.27. The van der Waals surface area contributed by atoms with Crippen molar-refractivity contribution in [3.05, 3.63) is 17.7 Å². The highest BCUT2D eigenvalue weighted by Gasteiger charge is 2.26. The maximum absolute atomic E-state index is 12.6. The van der Waals surface area contributed by atoms with Crippen molar-refractivity contribution < 1.29 is 19.0 Å². The number of nitrogens with one attached hydrogen (secondary N) is 1. The third-order valence-electron chi connectivity index (χ3n) is 5.42. The first kappa shape index (κ1) is 20.4. The van der Waals surface area contributed by atoms with Crippen LogP contribution in [0.5, 0.6) is 17.2 Å². The minimum atomic E-state index is 0.138. The van der Waals surface area contributed by atoms with Gasteiger partial charge in [-0.25, -0.2) is 0 Å². The molecule has 26 heavy (non-hydrogen) atoms. The monoisotopic (exact) mass is 363 g/mol. The van der Waals surface area contributed by atoms with Gasteiger partial charge < -0.3 is 19.5 Å². The van der Waals surface area contributed by atoms with Crippen molar-refractivity contribution in [1.29, 1.82) is 0 Å². The van der Waals surface area contributed by atoms with E-state index in [0.29, 0.717) is 23.8 Å². The molecular formula is C21H33NO4. The minimum Gasteiger partial charge on any atom is -0.496 e. The molecule has 1 fully saturated rings. The third-order valence-corrected chi connectivity index (χ3v) is 5.42. The molecule has 2 rings (SSSR count). The van der Waals surface area contributed by atoms with Crippen molar-refractivity contribution in [1.82, 2.24) is 5.32 Å². The van der Waals surface area contributed by atoms with E-state index >= 15 is 0 Å². The lowest BCUT2D eigenvalue weighted by Crippen LogP contribution is -2.33. The number of rotatable bonds is 9. The van der Waals surface area contributed by atoms with Crippen LogP contribution in [0.3, 0.4) is 0 Å². The molecule has 1 N–H and O–H groups in total. The largest absolute Gasteiger partial charge is 0.496 e. The molecule has 1 amide bonds. The Morgan fingerprint density at radius 2 is 1.62 bits per heavy atom. The van der Waals surface area contributed by atoms with Crippen LogP contribution in [0.25, 0.3) is 0 Å². The first-order valence-corrected chi connectivity index (χ1v) is 9.69. The Kier molecular flexibility index (Phi) is 8.07. The van der Waals surface area contributed by atoms with Crippen molar-refractivity contribution in [3.8, 4) is 17.2 Å². The van der Waals surface area contributed by atoms with Gasteiger partial charge in [-0.15, -0.1) is 0 Å². The summed E-state index contributed by atoms with van der Waals surface area (Å²) < 4.78 is 16.1. The predicted molar refractivity (Wildman–Crippen MR) is 103 cm³/mol. The second-order valence-corrected chi connectivity index (χ2v) is 7.10. The average molecular weight is 363 g/mol. The fourth-order valence-electron chi connectivity index (χ4n) is 3.76. The number of ether oxygens (including phenoxy) is 3. The average Bonchev–Trinajstić information content (AvgIpc) is 2.69. The van der Waals surface area contributed by atoms with Gasteiger partial charge in [0, 0.05) is 24.1 Å². The van der Waals surface area contributed by atoms with Crippen molar-refractivity contribution in [2.24, 2.45) is 11.8 Å². The molecule has 1 aromatic carbocycles. The van der Waals surface area contributed by atoms with Gasteiger partial charge >= 0.3 is 0 Å². The van der Waals surface area contributed by atoms with E-state index in [2.05, 4.69) is 12.2 Å². The second-order valence-electron chi connectivity index (χ2n) is 7.10. The van der Waals surface area contributed by atoms with Crippen molar-refractivity contribution in [2.45, 2.75) is 58.4 Å². The van der Waals surface area contributed by atoms with Gasteiger partial charge in [-0.2, -0.15) is 0 Å². The molecule has 0 unspecified atom stereocenters. The molecule has 1 saturated carbocycles. The maximum Gasteiger partial charge on any atom is 0.223 e. The normalized spacial score (nSPS) is 19.7. The molecule has 146 valence electrons. The van der Waals surface area contributed by atoms with Crippen LogP contribution in [0, 0.1) is 11.8 Å². The van der Waals surface area contributed by atoms with Gasteiger partial charge in [0.05, 0.1) is 21.3 Å². The fraction of sp³-hybridized carbons (Fsp3) is 0.667. The molecule has 1 aliphatic rings. The van der Waals surface area contributed by atoms with Crippen LogP contribution >= 0.6 is 0 Å². The SMILES string of the molecule is CCCCC1CCC(C(=O)NCc2cc(OC)c(OC)cc2OC)CC1. The highest BCUT2D eigenvalue weighted by molar-refractivity contribution is 5.78. The molecule has 0 heterocycles. The van der Waals surface area contributed by atoms with Crippen LogP contribution in [0.15, 0.2) is 12.1 Å². The molecule has 0 spiro atoms. The van der Waals surface area contributed by atoms with Gasteiger partial charge in [0.15, 0.2) is 11.5 Å². The zero-order valence-electron chi connectivity index (χ0n) is 16.6. The molecule has 0 atom stereocenters. The Morgan fingerprint density at radius 3 is 2.19 bits per heavy atom. The number of carbonyl (C=O) groups excluding carboxylic acids is 1. The van der Waals surface area contributed by atoms with E-state index in [-0.39, 0.29) is 11.8 Å². The highest BCUT2D eigenvalue weighted by Crippen LogP contribution is 2.35. The van der Waals surface area contributed by atoms with Crippen LogP contribution in [-0.2, 0) is 11.3 Å². The highest BCUT2D eigenvalue weighted by atomic mass is 16.5. The van der Waals surface area contributed by atoms with Crippen molar-refractivity contribution in [3.63, 3.8) is 0 Å². The smallest absolute Gasteiger partial charge is 0.223 e. The molecule has 5 nitrogen and oxygen atoms in total. The zero-order chi connectivity index (χ0) is 18.9. The topological polar surface area (TPSA) is 56.8 Å². The van der Waals surface area contributed by atoms with Gasteiger partial charge in [-0.05, 0) is 37.7 Å². The Bertz CT molecular complexity index is 580. The first-order chi connectivity index (χ1) is 12.6. The number of hydrogen-bond acceptors (Lipinski definition) is 4. The van der Waals surface area contributed by atoms with E-state index in [1.54, 1.807) is 27.4 Å². The Hall–Kier alpha value is -1.91. The Balaban J connectivity index is 1.91. The minimum absolute atomic E-state index is 0.138. The van der Waals surface area contributed by atoms with Gasteiger partial charge in [0.25, 0.3) is 0 Å². The maximum atomic E-state index is 12.6. The molecular weight excluding hydrogens is 330 g/mol. The van der Waals surface area contributed by atoms with E-state index in [4.69, 9.17) is 14.2 Å². The lowest BCUT2D eigenvalue weighted by molar-refractivity contribution is -0.126. The molecule has 1 aliphatic carbocycles. The number of hydrogen-bond donors (Lipinski definition) is 1. The predicted octanol–water partition coefficient (Wildman–Crippen LogP) is 4.33. The van der Waals surface area contributed by atoms with Crippen molar-refractivity contribution in [2.75, 3.05) is 21.3 Å². The van der Waals surface area contributed by atoms with E-state index in [0.717, 1.165) is 24.3 Å². The number of amides is 1. The fourth-order valence-corrected chi connectivity index (χ4v) is 3.76. The van der Waals surface area contributed by atoms with Crippen molar-refractivity contribution >= 4 is 5.91 Å². The van der Waals surface area contributed by atoms with Gasteiger partial charge in [0.2, 0.25) is 5.91 Å². The lowest BCUT2D eigenvalue weighted by atomic mass is 9.79. The van der Waals surface area contributed by atoms with E-state index in [1.165, 1.54) is 32.1 Å². The Labute approximate surface area is 157 Å². The molecule has 1 aromatic rings. The zero-order valence-corrected chi connectivity index (χ0v) is 16.6. The summed E-state index contributed by atoms with van der Waals surface area (Å²) in [6, 6.07) is 3.65. The molecule has 0 aliphatic heterocycles. The van der Waals surface area contributed by atoms with Gasteiger partial charge in [-0.3, -0.25) is 4.79 Å². The molecule has 0 radical (unpaired) electrons. The van der Waals surface area contributed by atoms with Crippen LogP contribution in [0.2, 0.25) is 0 Å².